The van der Waals surface area contributed by atoms with E-state index in [9.17, 15) is 0 Å². The molecular weight excluding hydrogens is 967 g/mol. The predicted molar refractivity (Wildman–Crippen MR) is 298 cm³/mol. The van der Waals surface area contributed by atoms with Crippen LogP contribution in [0.2, 0.25) is 0 Å². The Hall–Kier alpha value is -9.56. The average molecular weight is 1020 g/mol. The molecular formula is C62H56F2N4O8. The summed E-state index contributed by atoms with van der Waals surface area (Å²) in [6, 6.07) is 57.2. The van der Waals surface area contributed by atoms with E-state index in [1.54, 1.807) is 271 Å². The standard InChI is InChI=1S/C62H56F2N4O8/c1-69-49-25-9-41(10-26-49)65(42-11-27-50(70-2)28-12-42)59-57(63)61(67(45-17-33-53(73-5)34-18-45)46-19-35-54(74-6)36-20-46)62(68(47-21-37-55(75-7)38-22-47)48-23-39-56(76-8)40-24-48)58(64)60(59)66(43-13-29-51(71-3)30-14-43)44-15-31-52(72-4)32-16-44/h9-40H,1-8H3. The van der Waals surface area contributed by atoms with Crippen molar-refractivity contribution >= 4 is 68.2 Å². The normalized spacial score (nSPS) is 10.8. The van der Waals surface area contributed by atoms with E-state index < -0.39 is 11.6 Å². The molecule has 9 aromatic carbocycles. The Morgan fingerprint density at radius 3 is 0.395 bits per heavy atom. The van der Waals surface area contributed by atoms with Crippen LogP contribution in [0.15, 0.2) is 194 Å². The molecule has 12 nitrogen and oxygen atoms in total. The Morgan fingerprint density at radius 2 is 0.303 bits per heavy atom. The van der Waals surface area contributed by atoms with Gasteiger partial charge in [-0.1, -0.05) is 0 Å². The van der Waals surface area contributed by atoms with Crippen molar-refractivity contribution in [2.75, 3.05) is 76.5 Å². The van der Waals surface area contributed by atoms with Crippen LogP contribution >= 0.6 is 0 Å². The van der Waals surface area contributed by atoms with Gasteiger partial charge in [0, 0.05) is 45.5 Å². The minimum absolute atomic E-state index is 0.172. The Balaban J connectivity index is 1.54. The molecule has 0 atom stereocenters. The lowest BCUT2D eigenvalue weighted by molar-refractivity contribution is 0.414. The first-order chi connectivity index (χ1) is 37.1. The molecule has 9 rings (SSSR count). The van der Waals surface area contributed by atoms with Gasteiger partial charge in [-0.05, 0) is 194 Å². The van der Waals surface area contributed by atoms with Crippen molar-refractivity contribution in [1.82, 2.24) is 0 Å². The van der Waals surface area contributed by atoms with Crippen molar-refractivity contribution in [3.05, 3.63) is 206 Å². The van der Waals surface area contributed by atoms with Gasteiger partial charge in [0.2, 0.25) is 0 Å². The van der Waals surface area contributed by atoms with Gasteiger partial charge in [-0.3, -0.25) is 0 Å². The second-order valence-electron chi connectivity index (χ2n) is 16.9. The van der Waals surface area contributed by atoms with E-state index in [-0.39, 0.29) is 22.7 Å². The van der Waals surface area contributed by atoms with Crippen LogP contribution < -0.4 is 57.5 Å². The van der Waals surface area contributed by atoms with Gasteiger partial charge >= 0.3 is 0 Å². The fourth-order valence-corrected chi connectivity index (χ4v) is 8.94. The minimum atomic E-state index is -0.830. The van der Waals surface area contributed by atoms with Gasteiger partial charge in [0.1, 0.15) is 68.7 Å². The van der Waals surface area contributed by atoms with Gasteiger partial charge in [0.05, 0.1) is 56.9 Å². The van der Waals surface area contributed by atoms with Crippen LogP contribution in [-0.4, -0.2) is 56.9 Å². The highest BCUT2D eigenvalue weighted by Gasteiger charge is 2.39. The molecule has 0 spiro atoms. The number of rotatable bonds is 20. The summed E-state index contributed by atoms with van der Waals surface area (Å²) in [7, 11) is 12.6. The fraction of sp³-hybridized carbons (Fsp3) is 0.129. The molecule has 0 radical (unpaired) electrons. The molecule has 14 heteroatoms. The van der Waals surface area contributed by atoms with Gasteiger partial charge in [0.15, 0.2) is 11.6 Å². The predicted octanol–water partition coefficient (Wildman–Crippen LogP) is 15.9. The molecule has 386 valence electrons. The zero-order chi connectivity index (χ0) is 53.3. The first-order valence-corrected chi connectivity index (χ1v) is 24.0. The Labute approximate surface area is 441 Å². The maximum Gasteiger partial charge on any atom is 0.175 e. The van der Waals surface area contributed by atoms with Gasteiger partial charge in [0.25, 0.3) is 0 Å². The van der Waals surface area contributed by atoms with Crippen LogP contribution in [0.3, 0.4) is 0 Å². The third kappa shape index (κ3) is 10.3. The third-order valence-electron chi connectivity index (χ3n) is 12.8. The van der Waals surface area contributed by atoms with Gasteiger partial charge in [-0.25, -0.2) is 8.78 Å². The summed E-state index contributed by atoms with van der Waals surface area (Å²) in [5.74, 6) is 2.78. The number of ether oxygens (including phenoxy) is 8. The van der Waals surface area contributed by atoms with E-state index in [0.29, 0.717) is 91.5 Å². The Morgan fingerprint density at radius 1 is 0.197 bits per heavy atom. The number of anilines is 12. The minimum Gasteiger partial charge on any atom is -0.497 e. The quantitative estimate of drug-likeness (QED) is 0.0728. The maximum absolute atomic E-state index is 20.6. The summed E-state index contributed by atoms with van der Waals surface area (Å²) >= 11 is 0. The zero-order valence-corrected chi connectivity index (χ0v) is 43.3. The van der Waals surface area contributed by atoms with E-state index in [2.05, 4.69) is 0 Å². The van der Waals surface area contributed by atoms with Crippen molar-refractivity contribution in [1.29, 1.82) is 0 Å². The van der Waals surface area contributed by atoms with E-state index in [1.807, 2.05) is 0 Å². The Kier molecular flexibility index (Phi) is 15.6. The fourth-order valence-electron chi connectivity index (χ4n) is 8.94. The number of benzene rings is 9. The van der Waals surface area contributed by atoms with E-state index in [0.717, 1.165) is 0 Å². The summed E-state index contributed by atoms with van der Waals surface area (Å²) in [4.78, 5) is 6.80. The second kappa shape index (κ2) is 23.1. The van der Waals surface area contributed by atoms with Crippen LogP contribution in [0, 0.1) is 11.6 Å². The first kappa shape index (κ1) is 51.3. The number of halogens is 2. The van der Waals surface area contributed by atoms with Crippen LogP contribution in [0.4, 0.5) is 77.0 Å². The summed E-state index contributed by atoms with van der Waals surface area (Å²) in [6.07, 6.45) is 0. The summed E-state index contributed by atoms with van der Waals surface area (Å²) < 4.78 is 86.3. The third-order valence-corrected chi connectivity index (χ3v) is 12.8. The van der Waals surface area contributed by atoms with Crippen molar-refractivity contribution < 1.29 is 46.7 Å². The molecule has 0 bridgehead atoms. The summed E-state index contributed by atoms with van der Waals surface area (Å²) in [6.45, 7) is 0. The van der Waals surface area contributed by atoms with Crippen molar-refractivity contribution in [3.63, 3.8) is 0 Å². The van der Waals surface area contributed by atoms with Crippen molar-refractivity contribution in [2.45, 2.75) is 0 Å². The monoisotopic (exact) mass is 1020 g/mol. The topological polar surface area (TPSA) is 86.8 Å². The molecule has 0 saturated heterocycles. The molecule has 0 aromatic heterocycles. The SMILES string of the molecule is COc1ccc(N(c2ccc(OC)cc2)c2c(F)c(N(c3ccc(OC)cc3)c3ccc(OC)cc3)c(N(c3ccc(OC)cc3)c3ccc(OC)cc3)c(F)c2N(c2ccc(OC)cc2)c2ccc(OC)cc2)cc1. The highest BCUT2D eigenvalue weighted by Crippen LogP contribution is 2.58. The molecule has 0 aliphatic carbocycles. The lowest BCUT2D eigenvalue weighted by Gasteiger charge is -2.39. The number of methoxy groups -OCH3 is 8. The van der Waals surface area contributed by atoms with Crippen molar-refractivity contribution in [3.8, 4) is 46.0 Å². The molecule has 76 heavy (non-hydrogen) atoms. The van der Waals surface area contributed by atoms with E-state index >= 15 is 8.78 Å². The molecule has 0 fully saturated rings. The highest BCUT2D eigenvalue weighted by molar-refractivity contribution is 6.02. The summed E-state index contributed by atoms with van der Waals surface area (Å²) in [5.41, 5.74) is 3.06. The second-order valence-corrected chi connectivity index (χ2v) is 16.9. The maximum atomic E-state index is 20.6. The van der Waals surface area contributed by atoms with E-state index in [4.69, 9.17) is 37.9 Å². The lowest BCUT2D eigenvalue weighted by atomic mass is 10.0. The molecule has 9 aromatic rings. The molecule has 0 saturated carbocycles. The van der Waals surface area contributed by atoms with Crippen LogP contribution in [0.1, 0.15) is 0 Å². The number of nitrogens with zero attached hydrogens (tertiary/aromatic N) is 4. The number of hydrogen-bond donors (Lipinski definition) is 0. The highest BCUT2D eigenvalue weighted by atomic mass is 19.1. The molecule has 0 N–H and O–H groups in total. The molecule has 0 aliphatic rings. The van der Waals surface area contributed by atoms with Crippen LogP contribution in [0.25, 0.3) is 0 Å². The van der Waals surface area contributed by atoms with E-state index in [1.165, 1.54) is 0 Å². The molecule has 0 unspecified atom stereocenters. The smallest absolute Gasteiger partial charge is 0.175 e. The Bertz CT molecular complexity index is 2710. The average Bonchev–Trinajstić information content (AvgIpc) is 3.59. The largest absolute Gasteiger partial charge is 0.497 e. The van der Waals surface area contributed by atoms with Gasteiger partial charge in [-0.15, -0.1) is 0 Å². The zero-order valence-electron chi connectivity index (χ0n) is 43.3. The lowest BCUT2D eigenvalue weighted by Crippen LogP contribution is -2.25. The number of hydrogen-bond acceptors (Lipinski definition) is 12. The first-order valence-electron chi connectivity index (χ1n) is 24.0. The summed E-state index contributed by atoms with van der Waals surface area (Å²) in [5, 5.41) is 0. The molecule has 0 amide bonds. The van der Waals surface area contributed by atoms with Crippen molar-refractivity contribution in [2.24, 2.45) is 0 Å². The molecule has 0 aliphatic heterocycles. The van der Waals surface area contributed by atoms with Crippen LogP contribution in [-0.2, 0) is 0 Å². The van der Waals surface area contributed by atoms with Crippen LogP contribution in [0.5, 0.6) is 46.0 Å². The van der Waals surface area contributed by atoms with Gasteiger partial charge < -0.3 is 57.5 Å². The van der Waals surface area contributed by atoms with Gasteiger partial charge in [-0.2, -0.15) is 0 Å². The molecule has 0 heterocycles.